The van der Waals surface area contributed by atoms with Gasteiger partial charge in [0.25, 0.3) is 5.91 Å². The van der Waals surface area contributed by atoms with Crippen molar-refractivity contribution in [3.63, 3.8) is 0 Å². The molecule has 2 aromatic rings. The first-order valence-electron chi connectivity index (χ1n) is 8.64. The highest BCUT2D eigenvalue weighted by Gasteiger charge is 2.13. The first kappa shape index (κ1) is 21.2. The van der Waals surface area contributed by atoms with Gasteiger partial charge in [0.2, 0.25) is 10.0 Å². The van der Waals surface area contributed by atoms with Crippen LogP contribution in [0.2, 0.25) is 5.02 Å². The topological polar surface area (TPSA) is 84.5 Å². The molecule has 0 saturated heterocycles. The fourth-order valence-corrected chi connectivity index (χ4v) is 3.48. The molecule has 0 aliphatic rings. The van der Waals surface area contributed by atoms with E-state index in [0.717, 1.165) is 12.8 Å². The molecule has 0 aliphatic carbocycles. The second-order valence-electron chi connectivity index (χ2n) is 5.88. The van der Waals surface area contributed by atoms with E-state index in [2.05, 4.69) is 17.0 Å². The zero-order chi connectivity index (χ0) is 19.7. The predicted octanol–water partition coefficient (Wildman–Crippen LogP) is 2.77. The third-order valence-electron chi connectivity index (χ3n) is 3.70. The average molecular weight is 411 g/mol. The van der Waals surface area contributed by atoms with Crippen LogP contribution in [0.25, 0.3) is 0 Å². The van der Waals surface area contributed by atoms with Gasteiger partial charge in [0.05, 0.1) is 4.90 Å². The van der Waals surface area contributed by atoms with Gasteiger partial charge in [-0.3, -0.25) is 4.79 Å². The van der Waals surface area contributed by atoms with Crippen LogP contribution in [-0.2, 0) is 21.2 Å². The number of amides is 1. The number of carbonyl (C=O) groups excluding carboxylic acids is 1. The molecule has 8 heteroatoms. The molecule has 0 fully saturated rings. The molecular weight excluding hydrogens is 388 g/mol. The van der Waals surface area contributed by atoms with Crippen LogP contribution in [0.5, 0.6) is 5.75 Å². The van der Waals surface area contributed by atoms with Crippen molar-refractivity contribution in [2.24, 2.45) is 0 Å². The minimum Gasteiger partial charge on any atom is -0.484 e. The number of hydrogen-bond acceptors (Lipinski definition) is 4. The SMILES string of the molecule is CCCc1ccc(OCC(=O)NCCNS(=O)(=O)c2ccc(Cl)cc2)cc1. The normalized spacial score (nSPS) is 11.2. The maximum atomic E-state index is 12.1. The van der Waals surface area contributed by atoms with E-state index < -0.39 is 10.0 Å². The molecule has 2 N–H and O–H groups in total. The van der Waals surface area contributed by atoms with Gasteiger partial charge in [-0.25, -0.2) is 13.1 Å². The monoisotopic (exact) mass is 410 g/mol. The molecule has 2 aromatic carbocycles. The zero-order valence-corrected chi connectivity index (χ0v) is 16.6. The zero-order valence-electron chi connectivity index (χ0n) is 15.1. The molecule has 0 spiro atoms. The second kappa shape index (κ2) is 10.3. The first-order valence-corrected chi connectivity index (χ1v) is 10.5. The molecule has 6 nitrogen and oxygen atoms in total. The summed E-state index contributed by atoms with van der Waals surface area (Å²) in [5.41, 5.74) is 1.22. The van der Waals surface area contributed by atoms with Crippen LogP contribution in [-0.4, -0.2) is 34.0 Å². The molecule has 27 heavy (non-hydrogen) atoms. The Morgan fingerprint density at radius 2 is 1.70 bits per heavy atom. The molecule has 1 amide bonds. The lowest BCUT2D eigenvalue weighted by Crippen LogP contribution is -2.36. The minimum absolute atomic E-state index is 0.0718. The summed E-state index contributed by atoms with van der Waals surface area (Å²) in [6.45, 7) is 2.22. The Kier molecular flexibility index (Phi) is 8.09. The Balaban J connectivity index is 1.69. The van der Waals surface area contributed by atoms with Crippen LogP contribution in [0.15, 0.2) is 53.4 Å². The van der Waals surface area contributed by atoms with Gasteiger partial charge < -0.3 is 10.1 Å². The quantitative estimate of drug-likeness (QED) is 0.590. The Morgan fingerprint density at radius 3 is 2.33 bits per heavy atom. The van der Waals surface area contributed by atoms with E-state index in [-0.39, 0.29) is 30.5 Å². The highest BCUT2D eigenvalue weighted by molar-refractivity contribution is 7.89. The van der Waals surface area contributed by atoms with E-state index in [4.69, 9.17) is 16.3 Å². The third kappa shape index (κ3) is 7.21. The van der Waals surface area contributed by atoms with Crippen molar-refractivity contribution in [2.75, 3.05) is 19.7 Å². The number of nitrogens with one attached hydrogen (secondary N) is 2. The highest BCUT2D eigenvalue weighted by atomic mass is 35.5. The smallest absolute Gasteiger partial charge is 0.257 e. The van der Waals surface area contributed by atoms with Crippen LogP contribution in [0.1, 0.15) is 18.9 Å². The molecule has 0 atom stereocenters. The number of benzene rings is 2. The maximum absolute atomic E-state index is 12.1. The fourth-order valence-electron chi connectivity index (χ4n) is 2.33. The van der Waals surface area contributed by atoms with Crippen molar-refractivity contribution in [2.45, 2.75) is 24.7 Å². The van der Waals surface area contributed by atoms with Crippen molar-refractivity contribution in [1.29, 1.82) is 0 Å². The first-order chi connectivity index (χ1) is 12.9. The highest BCUT2D eigenvalue weighted by Crippen LogP contribution is 2.14. The van der Waals surface area contributed by atoms with Gasteiger partial charge in [0.15, 0.2) is 6.61 Å². The number of rotatable bonds is 10. The number of carbonyl (C=O) groups is 1. The van der Waals surface area contributed by atoms with E-state index in [1.54, 1.807) is 0 Å². The summed E-state index contributed by atoms with van der Waals surface area (Å²) in [5, 5.41) is 3.07. The van der Waals surface area contributed by atoms with Crippen molar-refractivity contribution in [1.82, 2.24) is 10.0 Å². The van der Waals surface area contributed by atoms with Crippen LogP contribution in [0, 0.1) is 0 Å². The standard InChI is InChI=1S/C19H23ClN2O4S/c1-2-3-15-4-8-17(9-5-15)26-14-19(23)21-12-13-22-27(24,25)18-10-6-16(20)7-11-18/h4-11,22H,2-3,12-14H2,1H3,(H,21,23). The molecule has 2 rings (SSSR count). The van der Waals surface area contributed by atoms with Crippen molar-refractivity contribution in [3.8, 4) is 5.75 Å². The van der Waals surface area contributed by atoms with Gasteiger partial charge in [-0.2, -0.15) is 0 Å². The van der Waals surface area contributed by atoms with E-state index in [1.165, 1.54) is 29.8 Å². The van der Waals surface area contributed by atoms with Gasteiger partial charge in [-0.1, -0.05) is 37.1 Å². The van der Waals surface area contributed by atoms with E-state index in [0.29, 0.717) is 10.8 Å². The van der Waals surface area contributed by atoms with Crippen LogP contribution in [0.3, 0.4) is 0 Å². The maximum Gasteiger partial charge on any atom is 0.257 e. The lowest BCUT2D eigenvalue weighted by molar-refractivity contribution is -0.123. The Bertz CT molecular complexity index is 837. The van der Waals surface area contributed by atoms with Gasteiger partial charge in [0, 0.05) is 18.1 Å². The predicted molar refractivity (Wildman–Crippen MR) is 106 cm³/mol. The number of ether oxygens (including phenoxy) is 1. The fraction of sp³-hybridized carbons (Fsp3) is 0.316. The molecule has 146 valence electrons. The van der Waals surface area contributed by atoms with E-state index in [1.807, 2.05) is 24.3 Å². The number of aryl methyl sites for hydroxylation is 1. The number of halogens is 1. The molecule has 0 radical (unpaired) electrons. The average Bonchev–Trinajstić information content (AvgIpc) is 2.65. The van der Waals surface area contributed by atoms with E-state index in [9.17, 15) is 13.2 Å². The molecule has 0 heterocycles. The van der Waals surface area contributed by atoms with Crippen molar-refractivity contribution >= 4 is 27.5 Å². The Morgan fingerprint density at radius 1 is 1.04 bits per heavy atom. The van der Waals surface area contributed by atoms with Crippen LogP contribution >= 0.6 is 11.6 Å². The molecule has 0 saturated carbocycles. The number of sulfonamides is 1. The Labute approximate surface area is 164 Å². The largest absolute Gasteiger partial charge is 0.484 e. The lowest BCUT2D eigenvalue weighted by Gasteiger charge is -2.09. The summed E-state index contributed by atoms with van der Waals surface area (Å²) >= 11 is 5.74. The minimum atomic E-state index is -3.63. The summed E-state index contributed by atoms with van der Waals surface area (Å²) in [4.78, 5) is 11.9. The Hall–Kier alpha value is -2.09. The van der Waals surface area contributed by atoms with Gasteiger partial charge in [-0.05, 0) is 48.4 Å². The second-order valence-corrected chi connectivity index (χ2v) is 8.09. The molecule has 0 aromatic heterocycles. The van der Waals surface area contributed by atoms with Gasteiger partial charge >= 0.3 is 0 Å². The van der Waals surface area contributed by atoms with Crippen LogP contribution < -0.4 is 14.8 Å². The van der Waals surface area contributed by atoms with Gasteiger partial charge in [-0.15, -0.1) is 0 Å². The summed E-state index contributed by atoms with van der Waals surface area (Å²) in [5.74, 6) is 0.298. The van der Waals surface area contributed by atoms with Gasteiger partial charge in [0.1, 0.15) is 5.75 Å². The number of hydrogen-bond donors (Lipinski definition) is 2. The third-order valence-corrected chi connectivity index (χ3v) is 5.42. The summed E-state index contributed by atoms with van der Waals surface area (Å²) in [6.07, 6.45) is 2.08. The summed E-state index contributed by atoms with van der Waals surface area (Å²) < 4.78 is 32.0. The van der Waals surface area contributed by atoms with Crippen molar-refractivity contribution in [3.05, 3.63) is 59.1 Å². The molecule has 0 bridgehead atoms. The summed E-state index contributed by atoms with van der Waals surface area (Å²) in [6, 6.07) is 13.5. The molecule has 0 unspecified atom stereocenters. The lowest BCUT2D eigenvalue weighted by atomic mass is 10.1. The molecular formula is C19H23ClN2O4S. The van der Waals surface area contributed by atoms with E-state index >= 15 is 0 Å². The molecule has 0 aliphatic heterocycles. The van der Waals surface area contributed by atoms with Crippen molar-refractivity contribution < 1.29 is 17.9 Å². The van der Waals surface area contributed by atoms with Crippen LogP contribution in [0.4, 0.5) is 0 Å². The summed E-state index contributed by atoms with van der Waals surface area (Å²) in [7, 11) is -3.63.